The summed E-state index contributed by atoms with van der Waals surface area (Å²) in [6.07, 6.45) is 4.73. The van der Waals surface area contributed by atoms with E-state index in [9.17, 15) is 9.59 Å². The van der Waals surface area contributed by atoms with Gasteiger partial charge in [0.25, 0.3) is 0 Å². The molecule has 2 aliphatic rings. The van der Waals surface area contributed by atoms with E-state index in [0.717, 1.165) is 50.7 Å². The van der Waals surface area contributed by atoms with Crippen LogP contribution in [0, 0.1) is 12.8 Å². The highest BCUT2D eigenvalue weighted by Crippen LogP contribution is 2.23. The fourth-order valence-electron chi connectivity index (χ4n) is 4.40. The Morgan fingerprint density at radius 1 is 1.00 bits per heavy atom. The minimum Gasteiger partial charge on any atom is -0.354 e. The minimum atomic E-state index is 0.0853. The zero-order valence-electron chi connectivity index (χ0n) is 19.1. The molecule has 1 aliphatic carbocycles. The van der Waals surface area contributed by atoms with Gasteiger partial charge in [-0.05, 0) is 37.8 Å². The lowest BCUT2D eigenvalue weighted by Gasteiger charge is -2.34. The number of benzene rings is 1. The molecule has 0 aromatic heterocycles. The van der Waals surface area contributed by atoms with Crippen molar-refractivity contribution in [3.05, 3.63) is 29.8 Å². The molecule has 1 aromatic carbocycles. The fraction of sp³-hybridized carbons (Fsp3) is 0.667. The van der Waals surface area contributed by atoms with Crippen molar-refractivity contribution in [2.75, 3.05) is 51.6 Å². The molecular formula is C24H38N4O2S. The summed E-state index contributed by atoms with van der Waals surface area (Å²) >= 11 is 1.76. The highest BCUT2D eigenvalue weighted by Gasteiger charge is 2.23. The van der Waals surface area contributed by atoms with E-state index < -0.39 is 0 Å². The summed E-state index contributed by atoms with van der Waals surface area (Å²) in [5.41, 5.74) is 1.26. The third-order valence-corrected chi connectivity index (χ3v) is 7.23. The first kappa shape index (κ1) is 24.1. The van der Waals surface area contributed by atoms with E-state index >= 15 is 0 Å². The normalized spacial score (nSPS) is 22.8. The molecule has 7 heteroatoms. The van der Waals surface area contributed by atoms with Crippen LogP contribution in [0.25, 0.3) is 0 Å². The third kappa shape index (κ3) is 8.83. The molecule has 0 radical (unpaired) electrons. The molecule has 2 fully saturated rings. The van der Waals surface area contributed by atoms with Crippen molar-refractivity contribution in [2.45, 2.75) is 50.5 Å². The quantitative estimate of drug-likeness (QED) is 0.451. The van der Waals surface area contributed by atoms with E-state index in [-0.39, 0.29) is 11.8 Å². The highest BCUT2D eigenvalue weighted by molar-refractivity contribution is 7.99. The minimum absolute atomic E-state index is 0.0853. The van der Waals surface area contributed by atoms with Gasteiger partial charge in [-0.2, -0.15) is 0 Å². The second-order valence-electron chi connectivity index (χ2n) is 9.10. The van der Waals surface area contributed by atoms with E-state index in [0.29, 0.717) is 25.7 Å². The summed E-state index contributed by atoms with van der Waals surface area (Å²) in [6, 6.07) is 8.82. The predicted octanol–water partition coefficient (Wildman–Crippen LogP) is 2.52. The van der Waals surface area contributed by atoms with E-state index in [1.54, 1.807) is 11.8 Å². The monoisotopic (exact) mass is 446 g/mol. The van der Waals surface area contributed by atoms with Crippen molar-refractivity contribution in [3.63, 3.8) is 0 Å². The third-order valence-electron chi connectivity index (χ3n) is 6.21. The first-order valence-electron chi connectivity index (χ1n) is 11.7. The maximum atomic E-state index is 12.4. The van der Waals surface area contributed by atoms with Gasteiger partial charge in [-0.25, -0.2) is 0 Å². The van der Waals surface area contributed by atoms with Crippen LogP contribution in [0.15, 0.2) is 29.2 Å². The summed E-state index contributed by atoms with van der Waals surface area (Å²) in [4.78, 5) is 30.2. The van der Waals surface area contributed by atoms with Gasteiger partial charge in [0.2, 0.25) is 11.8 Å². The van der Waals surface area contributed by atoms with Crippen LogP contribution < -0.4 is 10.6 Å². The Morgan fingerprint density at radius 3 is 2.29 bits per heavy atom. The van der Waals surface area contributed by atoms with Crippen molar-refractivity contribution in [1.29, 1.82) is 0 Å². The van der Waals surface area contributed by atoms with Crippen LogP contribution >= 0.6 is 11.8 Å². The highest BCUT2D eigenvalue weighted by atomic mass is 32.2. The summed E-state index contributed by atoms with van der Waals surface area (Å²) < 4.78 is 0. The molecule has 3 rings (SSSR count). The molecule has 0 bridgehead atoms. The topological polar surface area (TPSA) is 64.7 Å². The summed E-state index contributed by atoms with van der Waals surface area (Å²) in [5.74, 6) is 1.82. The molecule has 31 heavy (non-hydrogen) atoms. The Bertz CT molecular complexity index is 704. The first-order valence-corrected chi connectivity index (χ1v) is 12.7. The molecule has 2 N–H and O–H groups in total. The van der Waals surface area contributed by atoms with Crippen molar-refractivity contribution in [3.8, 4) is 0 Å². The fourth-order valence-corrected chi connectivity index (χ4v) is 5.17. The Hall–Kier alpha value is -1.57. The standard InChI is InChI=1S/C24H38N4O2S/c1-19-6-8-22(9-7-19)31-15-10-25-23(29)17-27-11-13-28(14-12-27)18-24(30)26-21-5-3-4-20(2)16-21/h6-9,20-21H,3-5,10-18H2,1-2H3,(H,25,29)(H,26,30). The van der Waals surface area contributed by atoms with Gasteiger partial charge in [0.05, 0.1) is 13.1 Å². The Labute approximate surface area is 191 Å². The van der Waals surface area contributed by atoms with Crippen LogP contribution in [0.3, 0.4) is 0 Å². The molecule has 6 nitrogen and oxygen atoms in total. The summed E-state index contributed by atoms with van der Waals surface area (Å²) in [5, 5.41) is 6.25. The predicted molar refractivity (Wildman–Crippen MR) is 127 cm³/mol. The molecule has 1 aromatic rings. The van der Waals surface area contributed by atoms with Gasteiger partial charge in [0.15, 0.2) is 0 Å². The lowest BCUT2D eigenvalue weighted by molar-refractivity contribution is -0.125. The number of carbonyl (C=O) groups is 2. The molecule has 1 saturated heterocycles. The Morgan fingerprint density at radius 2 is 1.65 bits per heavy atom. The zero-order valence-corrected chi connectivity index (χ0v) is 19.9. The number of thioether (sulfide) groups is 1. The average Bonchev–Trinajstić information content (AvgIpc) is 2.74. The van der Waals surface area contributed by atoms with Gasteiger partial charge in [-0.3, -0.25) is 19.4 Å². The van der Waals surface area contributed by atoms with Gasteiger partial charge in [0.1, 0.15) is 0 Å². The van der Waals surface area contributed by atoms with Gasteiger partial charge < -0.3 is 10.6 Å². The number of nitrogens with zero attached hydrogens (tertiary/aromatic N) is 2. The maximum absolute atomic E-state index is 12.4. The van der Waals surface area contributed by atoms with Crippen LogP contribution in [0.5, 0.6) is 0 Å². The SMILES string of the molecule is Cc1ccc(SCCNC(=O)CN2CCN(CC(=O)NC3CCCC(C)C3)CC2)cc1. The number of rotatable bonds is 9. The molecular weight excluding hydrogens is 408 g/mol. The largest absolute Gasteiger partial charge is 0.354 e. The van der Waals surface area contributed by atoms with Crippen molar-refractivity contribution in [1.82, 2.24) is 20.4 Å². The first-order chi connectivity index (χ1) is 15.0. The molecule has 172 valence electrons. The average molecular weight is 447 g/mol. The van der Waals surface area contributed by atoms with Gasteiger partial charge in [-0.1, -0.05) is 37.5 Å². The van der Waals surface area contributed by atoms with Crippen molar-refractivity contribution in [2.24, 2.45) is 5.92 Å². The Kier molecular flexibility index (Phi) is 9.68. The maximum Gasteiger partial charge on any atom is 0.234 e. The van der Waals surface area contributed by atoms with Crippen LogP contribution in [-0.4, -0.2) is 79.2 Å². The number of hydrogen-bond acceptors (Lipinski definition) is 5. The zero-order chi connectivity index (χ0) is 22.1. The van der Waals surface area contributed by atoms with Crippen LogP contribution in [0.1, 0.15) is 38.2 Å². The summed E-state index contributed by atoms with van der Waals surface area (Å²) in [7, 11) is 0. The van der Waals surface area contributed by atoms with E-state index in [4.69, 9.17) is 0 Å². The molecule has 2 unspecified atom stereocenters. The molecule has 2 amide bonds. The Balaban J connectivity index is 1.25. The molecule has 1 aliphatic heterocycles. The second-order valence-corrected chi connectivity index (χ2v) is 10.3. The van der Waals surface area contributed by atoms with Crippen LogP contribution in [-0.2, 0) is 9.59 Å². The van der Waals surface area contributed by atoms with E-state index in [1.807, 2.05) is 0 Å². The number of carbonyl (C=O) groups excluding carboxylic acids is 2. The van der Waals surface area contributed by atoms with Gasteiger partial charge >= 0.3 is 0 Å². The number of amides is 2. The molecule has 1 heterocycles. The molecule has 0 spiro atoms. The lowest BCUT2D eigenvalue weighted by Crippen LogP contribution is -2.52. The number of piperazine rings is 1. The van der Waals surface area contributed by atoms with Crippen LogP contribution in [0.2, 0.25) is 0 Å². The number of aryl methyl sites for hydroxylation is 1. The smallest absolute Gasteiger partial charge is 0.234 e. The van der Waals surface area contributed by atoms with Crippen molar-refractivity contribution < 1.29 is 9.59 Å². The second kappa shape index (κ2) is 12.5. The number of hydrogen-bond donors (Lipinski definition) is 2. The number of nitrogens with one attached hydrogen (secondary N) is 2. The molecule has 2 atom stereocenters. The van der Waals surface area contributed by atoms with Gasteiger partial charge in [-0.15, -0.1) is 11.8 Å². The molecule has 1 saturated carbocycles. The lowest BCUT2D eigenvalue weighted by atomic mass is 9.87. The van der Waals surface area contributed by atoms with Crippen LogP contribution in [0.4, 0.5) is 0 Å². The van der Waals surface area contributed by atoms with Crippen molar-refractivity contribution >= 4 is 23.6 Å². The van der Waals surface area contributed by atoms with Gasteiger partial charge in [0, 0.05) is 49.4 Å². The summed E-state index contributed by atoms with van der Waals surface area (Å²) in [6.45, 7) is 9.29. The van der Waals surface area contributed by atoms with E-state index in [1.165, 1.54) is 23.3 Å². The van der Waals surface area contributed by atoms with E-state index in [2.05, 4.69) is 58.5 Å².